The van der Waals surface area contributed by atoms with Crippen LogP contribution in [0.5, 0.6) is 0 Å². The molecular weight excluding hydrogens is 201 g/mol. The van der Waals surface area contributed by atoms with E-state index in [1.165, 1.54) is 23.7 Å². The Morgan fingerprint density at radius 2 is 1.93 bits per heavy atom. The predicted octanol–water partition coefficient (Wildman–Crippen LogP) is 2.36. The van der Waals surface area contributed by atoms with E-state index in [1.807, 2.05) is 0 Å². The maximum atomic E-state index is 12.6. The Balaban J connectivity index is 2.28. The van der Waals surface area contributed by atoms with Gasteiger partial charge in [0.25, 0.3) is 0 Å². The lowest BCUT2D eigenvalue weighted by Crippen LogP contribution is -1.96. The van der Waals surface area contributed by atoms with Crippen LogP contribution in [-0.4, -0.2) is 9.48 Å². The fourth-order valence-electron chi connectivity index (χ4n) is 1.18. The van der Waals surface area contributed by atoms with Gasteiger partial charge in [0.2, 0.25) is 0 Å². The quantitative estimate of drug-likeness (QED) is 0.823. The minimum atomic E-state index is -0.705. The summed E-state index contributed by atoms with van der Waals surface area (Å²) >= 11 is 1.24. The van der Waals surface area contributed by atoms with E-state index in [-0.39, 0.29) is 5.82 Å². The van der Waals surface area contributed by atoms with Gasteiger partial charge in [-0.2, -0.15) is 0 Å². The molecule has 1 atom stereocenters. The van der Waals surface area contributed by atoms with Gasteiger partial charge in [-0.05, 0) is 35.3 Å². The van der Waals surface area contributed by atoms with Gasteiger partial charge < -0.3 is 5.11 Å². The fourth-order valence-corrected chi connectivity index (χ4v) is 1.78. The number of benzene rings is 1. The Morgan fingerprint density at radius 3 is 2.50 bits per heavy atom. The third-order valence-corrected chi connectivity index (χ3v) is 2.71. The Bertz CT molecular complexity index is 399. The molecule has 72 valence electrons. The van der Waals surface area contributed by atoms with Crippen LogP contribution in [-0.2, 0) is 0 Å². The largest absolute Gasteiger partial charge is 0.383 e. The van der Waals surface area contributed by atoms with Crippen molar-refractivity contribution >= 4 is 11.5 Å². The monoisotopic (exact) mass is 209 g/mol. The molecule has 0 spiro atoms. The summed E-state index contributed by atoms with van der Waals surface area (Å²) in [5.74, 6) is -0.301. The fraction of sp³-hybridized carbons (Fsp3) is 0.100. The van der Waals surface area contributed by atoms with E-state index in [4.69, 9.17) is 0 Å². The van der Waals surface area contributed by atoms with Gasteiger partial charge in [0.1, 0.15) is 11.9 Å². The molecule has 2 aromatic rings. The number of nitrogens with zero attached hydrogens (tertiary/aromatic N) is 1. The van der Waals surface area contributed by atoms with E-state index in [1.54, 1.807) is 24.4 Å². The molecular formula is C10H8FNOS. The third kappa shape index (κ3) is 1.81. The zero-order chi connectivity index (χ0) is 9.97. The summed E-state index contributed by atoms with van der Waals surface area (Å²) in [5.41, 5.74) is 0.677. The lowest BCUT2D eigenvalue weighted by Gasteiger charge is -2.07. The minimum absolute atomic E-state index is 0.301. The number of aromatic nitrogens is 1. The second-order valence-corrected chi connectivity index (χ2v) is 3.73. The standard InChI is InChI=1S/C10H8FNOS/c11-8-3-1-7(2-4-8)10(13)9-5-6-12-14-9/h1-6,10,13H/t10-/m1/s1. The lowest BCUT2D eigenvalue weighted by molar-refractivity contribution is 0.224. The second-order valence-electron chi connectivity index (χ2n) is 2.87. The van der Waals surface area contributed by atoms with E-state index in [9.17, 15) is 9.50 Å². The lowest BCUT2D eigenvalue weighted by atomic mass is 10.1. The van der Waals surface area contributed by atoms with E-state index in [0.717, 1.165) is 4.88 Å². The van der Waals surface area contributed by atoms with Crippen molar-refractivity contribution in [2.24, 2.45) is 0 Å². The molecule has 1 heterocycles. The van der Waals surface area contributed by atoms with E-state index in [0.29, 0.717) is 5.56 Å². The van der Waals surface area contributed by atoms with E-state index < -0.39 is 6.10 Å². The molecule has 2 nitrogen and oxygen atoms in total. The number of aliphatic hydroxyl groups is 1. The molecule has 1 N–H and O–H groups in total. The Hall–Kier alpha value is -1.26. The first-order valence-electron chi connectivity index (χ1n) is 4.11. The molecule has 0 saturated carbocycles. The van der Waals surface area contributed by atoms with Crippen LogP contribution in [0, 0.1) is 5.82 Å². The molecule has 14 heavy (non-hydrogen) atoms. The van der Waals surface area contributed by atoms with Crippen molar-refractivity contribution < 1.29 is 9.50 Å². The first kappa shape index (κ1) is 9.30. The molecule has 0 aliphatic carbocycles. The molecule has 0 radical (unpaired) electrons. The SMILES string of the molecule is O[C@H](c1ccc(F)cc1)c1ccns1. The van der Waals surface area contributed by atoms with Crippen LogP contribution >= 0.6 is 11.5 Å². The highest BCUT2D eigenvalue weighted by Crippen LogP contribution is 2.24. The molecule has 0 aliphatic heterocycles. The summed E-state index contributed by atoms with van der Waals surface area (Å²) in [6.45, 7) is 0. The van der Waals surface area contributed by atoms with Gasteiger partial charge in [-0.1, -0.05) is 12.1 Å². The molecule has 0 saturated heterocycles. The summed E-state index contributed by atoms with van der Waals surface area (Å²) in [4.78, 5) is 0.761. The van der Waals surface area contributed by atoms with Crippen molar-refractivity contribution in [3.63, 3.8) is 0 Å². The maximum absolute atomic E-state index is 12.6. The summed E-state index contributed by atoms with van der Waals surface area (Å²) in [6, 6.07) is 7.55. The van der Waals surface area contributed by atoms with Crippen LogP contribution in [0.3, 0.4) is 0 Å². The Morgan fingerprint density at radius 1 is 1.21 bits per heavy atom. The van der Waals surface area contributed by atoms with Crippen LogP contribution in [0.4, 0.5) is 4.39 Å². The molecule has 0 bridgehead atoms. The summed E-state index contributed by atoms with van der Waals surface area (Å²) in [7, 11) is 0. The smallest absolute Gasteiger partial charge is 0.123 e. The summed E-state index contributed by atoms with van der Waals surface area (Å²) in [6.07, 6.45) is 0.926. The molecule has 0 unspecified atom stereocenters. The molecule has 0 amide bonds. The third-order valence-electron chi connectivity index (χ3n) is 1.91. The molecule has 1 aromatic heterocycles. The first-order valence-corrected chi connectivity index (χ1v) is 4.89. The van der Waals surface area contributed by atoms with Gasteiger partial charge in [0, 0.05) is 6.20 Å². The highest BCUT2D eigenvalue weighted by Gasteiger charge is 2.11. The van der Waals surface area contributed by atoms with Crippen molar-refractivity contribution in [3.05, 3.63) is 52.8 Å². The van der Waals surface area contributed by atoms with Gasteiger partial charge in [-0.3, -0.25) is 0 Å². The van der Waals surface area contributed by atoms with Crippen molar-refractivity contribution in [1.82, 2.24) is 4.37 Å². The Labute approximate surface area is 84.8 Å². The van der Waals surface area contributed by atoms with Gasteiger partial charge in [0.15, 0.2) is 0 Å². The van der Waals surface area contributed by atoms with Crippen molar-refractivity contribution in [1.29, 1.82) is 0 Å². The average Bonchev–Trinajstić information content (AvgIpc) is 2.71. The molecule has 4 heteroatoms. The second kappa shape index (κ2) is 3.86. The molecule has 0 aliphatic rings. The molecule has 0 fully saturated rings. The number of rotatable bonds is 2. The number of hydrogen-bond donors (Lipinski definition) is 1. The van der Waals surface area contributed by atoms with Crippen molar-refractivity contribution in [2.45, 2.75) is 6.10 Å². The van der Waals surface area contributed by atoms with Crippen molar-refractivity contribution in [3.8, 4) is 0 Å². The molecule has 1 aromatic carbocycles. The normalized spacial score (nSPS) is 12.7. The zero-order valence-electron chi connectivity index (χ0n) is 7.22. The predicted molar refractivity (Wildman–Crippen MR) is 52.6 cm³/mol. The zero-order valence-corrected chi connectivity index (χ0v) is 8.04. The highest BCUT2D eigenvalue weighted by molar-refractivity contribution is 7.05. The Kier molecular flexibility index (Phi) is 2.56. The number of aliphatic hydroxyl groups excluding tert-OH is 1. The number of halogens is 1. The first-order chi connectivity index (χ1) is 6.77. The topological polar surface area (TPSA) is 33.1 Å². The number of hydrogen-bond acceptors (Lipinski definition) is 3. The summed E-state index contributed by atoms with van der Waals surface area (Å²) < 4.78 is 16.5. The highest BCUT2D eigenvalue weighted by atomic mass is 32.1. The van der Waals surface area contributed by atoms with E-state index >= 15 is 0 Å². The van der Waals surface area contributed by atoms with Crippen LogP contribution < -0.4 is 0 Å². The summed E-state index contributed by atoms with van der Waals surface area (Å²) in [5, 5.41) is 9.82. The van der Waals surface area contributed by atoms with E-state index in [2.05, 4.69) is 4.37 Å². The average molecular weight is 209 g/mol. The van der Waals surface area contributed by atoms with Crippen LogP contribution in [0.15, 0.2) is 36.5 Å². The van der Waals surface area contributed by atoms with Gasteiger partial charge in [0.05, 0.1) is 4.88 Å². The molecule has 2 rings (SSSR count). The van der Waals surface area contributed by atoms with Crippen molar-refractivity contribution in [2.75, 3.05) is 0 Å². The van der Waals surface area contributed by atoms with Gasteiger partial charge in [-0.15, -0.1) is 0 Å². The van der Waals surface area contributed by atoms with Crippen LogP contribution in [0.25, 0.3) is 0 Å². The van der Waals surface area contributed by atoms with Gasteiger partial charge in [-0.25, -0.2) is 8.76 Å². The van der Waals surface area contributed by atoms with Crippen LogP contribution in [0.1, 0.15) is 16.5 Å². The van der Waals surface area contributed by atoms with Crippen LogP contribution in [0.2, 0.25) is 0 Å². The maximum Gasteiger partial charge on any atom is 0.123 e. The minimum Gasteiger partial charge on any atom is -0.383 e. The van der Waals surface area contributed by atoms with Gasteiger partial charge >= 0.3 is 0 Å².